The maximum absolute atomic E-state index is 11.9. The largest absolute Gasteiger partial charge is 0.378 e. The van der Waals surface area contributed by atoms with E-state index in [1.54, 1.807) is 4.90 Å². The molecule has 2 heterocycles. The summed E-state index contributed by atoms with van der Waals surface area (Å²) in [6.45, 7) is 2.10. The van der Waals surface area contributed by atoms with Crippen molar-refractivity contribution in [1.82, 2.24) is 14.6 Å². The van der Waals surface area contributed by atoms with Gasteiger partial charge in [-0.25, -0.2) is 13.1 Å². The molecule has 1 aliphatic heterocycles. The van der Waals surface area contributed by atoms with Crippen LogP contribution in [0.5, 0.6) is 0 Å². The van der Waals surface area contributed by atoms with Crippen molar-refractivity contribution >= 4 is 15.9 Å². The van der Waals surface area contributed by atoms with Crippen LogP contribution in [0.15, 0.2) is 28.0 Å². The highest BCUT2D eigenvalue weighted by atomic mass is 32.2. The Kier molecular flexibility index (Phi) is 5.10. The maximum Gasteiger partial charge on any atom is 0.247 e. The lowest BCUT2D eigenvalue weighted by molar-refractivity contribution is -0.135. The Labute approximate surface area is 122 Å². The first-order valence-electron chi connectivity index (χ1n) is 6.53. The van der Waals surface area contributed by atoms with Gasteiger partial charge in [-0.3, -0.25) is 9.59 Å². The van der Waals surface area contributed by atoms with Crippen LogP contribution in [0, 0.1) is 0 Å². The molecule has 0 bridgehead atoms. The van der Waals surface area contributed by atoms with Gasteiger partial charge in [-0.1, -0.05) is 0 Å². The Balaban J connectivity index is 1.85. The number of sulfonamides is 1. The van der Waals surface area contributed by atoms with Gasteiger partial charge in [0, 0.05) is 38.3 Å². The molecule has 0 aliphatic carbocycles. The monoisotopic (exact) mass is 315 g/mol. The summed E-state index contributed by atoms with van der Waals surface area (Å²) in [5.74, 6) is -0.109. The summed E-state index contributed by atoms with van der Waals surface area (Å²) in [6, 6.07) is 2.35. The Bertz CT molecular complexity index is 629. The number of H-pyrrole nitrogens is 1. The Morgan fingerprint density at radius 3 is 2.67 bits per heavy atom. The Morgan fingerprint density at radius 1 is 1.33 bits per heavy atom. The van der Waals surface area contributed by atoms with E-state index in [4.69, 9.17) is 4.74 Å². The van der Waals surface area contributed by atoms with Crippen molar-refractivity contribution in [1.29, 1.82) is 0 Å². The number of morpholine rings is 1. The maximum atomic E-state index is 11.9. The normalized spacial score (nSPS) is 15.9. The van der Waals surface area contributed by atoms with Crippen LogP contribution in [0.2, 0.25) is 0 Å². The number of aromatic amines is 1. The van der Waals surface area contributed by atoms with Gasteiger partial charge in [-0.05, 0) is 6.07 Å². The number of nitrogens with one attached hydrogen (secondary N) is 2. The summed E-state index contributed by atoms with van der Waals surface area (Å²) in [5, 5.41) is 0. The first-order valence-corrected chi connectivity index (χ1v) is 8.01. The number of hydrogen-bond acceptors (Lipinski definition) is 5. The van der Waals surface area contributed by atoms with Crippen LogP contribution in [0.25, 0.3) is 0 Å². The van der Waals surface area contributed by atoms with Crippen LogP contribution in [0.3, 0.4) is 0 Å². The number of carbonyl (C=O) groups is 1. The Morgan fingerprint density at radius 2 is 2.05 bits per heavy atom. The highest BCUT2D eigenvalue weighted by Crippen LogP contribution is 2.04. The number of rotatable bonds is 5. The van der Waals surface area contributed by atoms with Gasteiger partial charge in [0.2, 0.25) is 21.5 Å². The van der Waals surface area contributed by atoms with E-state index in [9.17, 15) is 18.0 Å². The minimum atomic E-state index is -3.72. The van der Waals surface area contributed by atoms with E-state index in [-0.39, 0.29) is 29.3 Å². The van der Waals surface area contributed by atoms with Crippen LogP contribution < -0.4 is 10.3 Å². The number of aromatic nitrogens is 1. The molecule has 2 N–H and O–H groups in total. The summed E-state index contributed by atoms with van der Waals surface area (Å²) in [7, 11) is -3.72. The van der Waals surface area contributed by atoms with Crippen molar-refractivity contribution in [2.24, 2.45) is 0 Å². The minimum Gasteiger partial charge on any atom is -0.378 e. The quantitative estimate of drug-likeness (QED) is 0.717. The lowest BCUT2D eigenvalue weighted by atomic mass is 10.3. The molecule has 0 aromatic carbocycles. The number of pyridine rings is 1. The zero-order valence-corrected chi connectivity index (χ0v) is 12.2. The Hall–Kier alpha value is -1.71. The standard InChI is InChI=1S/C12H17N3O5S/c16-11-2-1-10(9-13-11)21(18,19)14-4-3-12(17)15-5-7-20-8-6-15/h1-2,9,14H,3-8H2,(H,13,16). The molecule has 0 radical (unpaired) electrons. The molecule has 2 rings (SSSR count). The van der Waals surface area contributed by atoms with Crippen LogP contribution in [-0.4, -0.2) is 57.1 Å². The minimum absolute atomic E-state index is 0.0116. The molecule has 1 saturated heterocycles. The number of amides is 1. The van der Waals surface area contributed by atoms with E-state index < -0.39 is 10.0 Å². The van der Waals surface area contributed by atoms with E-state index >= 15 is 0 Å². The molecule has 0 unspecified atom stereocenters. The molecule has 0 spiro atoms. The molecule has 1 amide bonds. The van der Waals surface area contributed by atoms with Crippen LogP contribution in [-0.2, 0) is 19.6 Å². The molecular weight excluding hydrogens is 298 g/mol. The van der Waals surface area contributed by atoms with Crippen molar-refractivity contribution in [2.45, 2.75) is 11.3 Å². The van der Waals surface area contributed by atoms with Crippen LogP contribution >= 0.6 is 0 Å². The van der Waals surface area contributed by atoms with Gasteiger partial charge in [0.25, 0.3) is 0 Å². The van der Waals surface area contributed by atoms with Crippen molar-refractivity contribution in [2.75, 3.05) is 32.8 Å². The fourth-order valence-corrected chi connectivity index (χ4v) is 2.91. The van der Waals surface area contributed by atoms with Gasteiger partial charge in [0.05, 0.1) is 18.1 Å². The summed E-state index contributed by atoms with van der Waals surface area (Å²) in [4.78, 5) is 26.7. The van der Waals surface area contributed by atoms with E-state index in [0.717, 1.165) is 12.3 Å². The van der Waals surface area contributed by atoms with Crippen molar-refractivity contribution in [3.05, 3.63) is 28.7 Å². The second-order valence-corrected chi connectivity index (χ2v) is 6.30. The van der Waals surface area contributed by atoms with Crippen molar-refractivity contribution in [3.63, 3.8) is 0 Å². The van der Waals surface area contributed by atoms with Crippen molar-refractivity contribution in [3.8, 4) is 0 Å². The molecule has 21 heavy (non-hydrogen) atoms. The smallest absolute Gasteiger partial charge is 0.247 e. The molecule has 1 aliphatic rings. The summed E-state index contributed by atoms with van der Waals surface area (Å²) in [6.07, 6.45) is 1.21. The lowest BCUT2D eigenvalue weighted by Crippen LogP contribution is -2.42. The van der Waals surface area contributed by atoms with Gasteiger partial charge in [-0.15, -0.1) is 0 Å². The topological polar surface area (TPSA) is 109 Å². The fourth-order valence-electron chi connectivity index (χ4n) is 1.91. The third kappa shape index (κ3) is 4.38. The van der Waals surface area contributed by atoms with Gasteiger partial charge in [-0.2, -0.15) is 0 Å². The molecule has 1 fully saturated rings. The van der Waals surface area contributed by atoms with Gasteiger partial charge in [0.15, 0.2) is 0 Å². The van der Waals surface area contributed by atoms with E-state index in [1.165, 1.54) is 6.07 Å². The molecule has 1 aromatic rings. The SMILES string of the molecule is O=C(CCNS(=O)(=O)c1ccc(=O)[nH]c1)N1CCOCC1. The molecule has 9 heteroatoms. The first kappa shape index (κ1) is 15.7. The highest BCUT2D eigenvalue weighted by molar-refractivity contribution is 7.89. The zero-order valence-electron chi connectivity index (χ0n) is 11.4. The number of ether oxygens (including phenoxy) is 1. The fraction of sp³-hybridized carbons (Fsp3) is 0.500. The van der Waals surface area contributed by atoms with Crippen LogP contribution in [0.4, 0.5) is 0 Å². The second-order valence-electron chi connectivity index (χ2n) is 4.53. The molecule has 0 saturated carbocycles. The summed E-state index contributed by atoms with van der Waals surface area (Å²) in [5.41, 5.74) is -0.378. The van der Waals surface area contributed by atoms with E-state index in [2.05, 4.69) is 9.71 Å². The molecule has 8 nitrogen and oxygen atoms in total. The zero-order chi connectivity index (χ0) is 15.3. The third-order valence-electron chi connectivity index (χ3n) is 3.06. The second kappa shape index (κ2) is 6.83. The van der Waals surface area contributed by atoms with E-state index in [0.29, 0.717) is 26.3 Å². The van der Waals surface area contributed by atoms with Crippen molar-refractivity contribution < 1.29 is 17.9 Å². The van der Waals surface area contributed by atoms with Gasteiger partial charge < -0.3 is 14.6 Å². The average Bonchev–Trinajstić information content (AvgIpc) is 2.48. The molecule has 116 valence electrons. The molecule has 1 aromatic heterocycles. The molecule has 0 atom stereocenters. The number of hydrogen-bond donors (Lipinski definition) is 2. The average molecular weight is 315 g/mol. The number of nitrogens with zero attached hydrogens (tertiary/aromatic N) is 1. The third-order valence-corrected chi connectivity index (χ3v) is 4.52. The predicted molar refractivity (Wildman–Crippen MR) is 74.3 cm³/mol. The van der Waals surface area contributed by atoms with E-state index in [1.807, 2.05) is 0 Å². The summed E-state index contributed by atoms with van der Waals surface area (Å²) >= 11 is 0. The predicted octanol–water partition coefficient (Wildman–Crippen LogP) is -1.10. The molecular formula is C12H17N3O5S. The van der Waals surface area contributed by atoms with Gasteiger partial charge in [0.1, 0.15) is 0 Å². The first-order chi connectivity index (χ1) is 9.99. The lowest BCUT2D eigenvalue weighted by Gasteiger charge is -2.26. The van der Waals surface area contributed by atoms with Gasteiger partial charge >= 0.3 is 0 Å². The highest BCUT2D eigenvalue weighted by Gasteiger charge is 2.18. The number of carbonyl (C=O) groups excluding carboxylic acids is 1. The summed E-state index contributed by atoms with van der Waals surface area (Å²) < 4.78 is 31.3. The van der Waals surface area contributed by atoms with Crippen LogP contribution in [0.1, 0.15) is 6.42 Å².